The maximum Gasteiger partial charge on any atom is 0.229 e. The van der Waals surface area contributed by atoms with Crippen LogP contribution in [0, 0.1) is 5.41 Å². The van der Waals surface area contributed by atoms with Crippen molar-refractivity contribution in [3.63, 3.8) is 0 Å². The lowest BCUT2D eigenvalue weighted by Crippen LogP contribution is -2.55. The van der Waals surface area contributed by atoms with E-state index in [4.69, 9.17) is 9.47 Å². The van der Waals surface area contributed by atoms with Crippen molar-refractivity contribution in [3.05, 3.63) is 35.9 Å². The Morgan fingerprint density at radius 3 is 2.50 bits per heavy atom. The third kappa shape index (κ3) is 2.82. The maximum atomic E-state index is 12.9. The van der Waals surface area contributed by atoms with Crippen LogP contribution in [0.15, 0.2) is 30.3 Å². The molecule has 1 aromatic rings. The first-order valence-corrected chi connectivity index (χ1v) is 8.75. The predicted octanol–water partition coefficient (Wildman–Crippen LogP) is 3.52. The largest absolute Gasteiger partial charge is 0.349 e. The first-order chi connectivity index (χ1) is 10.5. The number of carbonyl (C=O) groups excluding carboxylic acids is 1. The van der Waals surface area contributed by atoms with Crippen LogP contribution in [-0.2, 0) is 14.3 Å². The van der Waals surface area contributed by atoms with Gasteiger partial charge in [0.05, 0.1) is 11.5 Å². The van der Waals surface area contributed by atoms with Crippen molar-refractivity contribution >= 4 is 21.8 Å². The SMILES string of the molecule is CC1OC(Br)C(C2(C(=O)N[C@H](C)c3ccccc3)CCC2)O1. The van der Waals surface area contributed by atoms with E-state index in [-0.39, 0.29) is 29.4 Å². The second-order valence-corrected chi connectivity index (χ2v) is 7.13. The Kier molecular flexibility index (Phi) is 4.57. The number of hydrogen-bond acceptors (Lipinski definition) is 3. The number of benzene rings is 1. The summed E-state index contributed by atoms with van der Waals surface area (Å²) >= 11 is 3.51. The number of nitrogens with one attached hydrogen (secondary N) is 1. The molecule has 1 heterocycles. The first kappa shape index (κ1) is 16.0. The van der Waals surface area contributed by atoms with Crippen LogP contribution in [0.25, 0.3) is 0 Å². The summed E-state index contributed by atoms with van der Waals surface area (Å²) in [5.41, 5.74) is 0.639. The van der Waals surface area contributed by atoms with Crippen LogP contribution in [-0.4, -0.2) is 23.3 Å². The van der Waals surface area contributed by atoms with Gasteiger partial charge < -0.3 is 14.8 Å². The summed E-state index contributed by atoms with van der Waals surface area (Å²) in [6, 6.07) is 10.0. The molecule has 4 atom stereocenters. The molecule has 2 aliphatic rings. The smallest absolute Gasteiger partial charge is 0.229 e. The normalized spacial score (nSPS) is 31.3. The number of carbonyl (C=O) groups is 1. The van der Waals surface area contributed by atoms with E-state index in [1.54, 1.807) is 0 Å². The van der Waals surface area contributed by atoms with Gasteiger partial charge in [0.1, 0.15) is 11.1 Å². The van der Waals surface area contributed by atoms with Crippen molar-refractivity contribution in [1.29, 1.82) is 0 Å². The Bertz CT molecular complexity index is 532. The van der Waals surface area contributed by atoms with E-state index in [0.29, 0.717) is 0 Å². The van der Waals surface area contributed by atoms with E-state index in [9.17, 15) is 4.79 Å². The Morgan fingerprint density at radius 1 is 1.32 bits per heavy atom. The average Bonchev–Trinajstić information content (AvgIpc) is 2.78. The molecule has 3 unspecified atom stereocenters. The summed E-state index contributed by atoms with van der Waals surface area (Å²) in [7, 11) is 0. The molecule has 1 saturated heterocycles. The molecule has 2 fully saturated rings. The van der Waals surface area contributed by atoms with Crippen LogP contribution in [0.5, 0.6) is 0 Å². The van der Waals surface area contributed by atoms with Gasteiger partial charge in [-0.15, -0.1) is 0 Å². The Hall–Kier alpha value is -0.910. The molecule has 1 aliphatic carbocycles. The summed E-state index contributed by atoms with van der Waals surface area (Å²) in [5.74, 6) is 0.0715. The van der Waals surface area contributed by atoms with Gasteiger partial charge in [-0.05, 0) is 32.3 Å². The van der Waals surface area contributed by atoms with E-state index in [2.05, 4.69) is 21.2 Å². The molecular weight excluding hydrogens is 346 g/mol. The zero-order valence-corrected chi connectivity index (χ0v) is 14.5. The third-order valence-electron chi connectivity index (χ3n) is 4.79. The number of rotatable bonds is 4. The predicted molar refractivity (Wildman–Crippen MR) is 87.4 cm³/mol. The fourth-order valence-electron chi connectivity index (χ4n) is 3.30. The van der Waals surface area contributed by atoms with Crippen LogP contribution >= 0.6 is 15.9 Å². The van der Waals surface area contributed by atoms with Gasteiger partial charge in [-0.3, -0.25) is 4.79 Å². The summed E-state index contributed by atoms with van der Waals surface area (Å²) < 4.78 is 11.5. The van der Waals surface area contributed by atoms with E-state index in [1.807, 2.05) is 44.2 Å². The number of halogens is 1. The number of hydrogen-bond donors (Lipinski definition) is 1. The summed E-state index contributed by atoms with van der Waals surface area (Å²) in [6.45, 7) is 3.88. The molecule has 1 saturated carbocycles. The van der Waals surface area contributed by atoms with Gasteiger partial charge in [0.2, 0.25) is 5.91 Å². The molecule has 3 rings (SSSR count). The van der Waals surface area contributed by atoms with Crippen LogP contribution in [0.4, 0.5) is 0 Å². The summed E-state index contributed by atoms with van der Waals surface area (Å²) in [4.78, 5) is 12.9. The highest BCUT2D eigenvalue weighted by Crippen LogP contribution is 2.50. The molecule has 5 heteroatoms. The maximum absolute atomic E-state index is 12.9. The molecule has 1 aromatic carbocycles. The van der Waals surface area contributed by atoms with Gasteiger partial charge in [0.25, 0.3) is 0 Å². The van der Waals surface area contributed by atoms with E-state index in [0.717, 1.165) is 24.8 Å². The Balaban J connectivity index is 1.72. The van der Waals surface area contributed by atoms with Crippen molar-refractivity contribution in [1.82, 2.24) is 5.32 Å². The first-order valence-electron chi connectivity index (χ1n) is 7.84. The standard InChI is InChI=1S/C17H22BrNO3/c1-11(13-7-4-3-5-8-13)19-16(20)17(9-6-10-17)14-15(18)22-12(2)21-14/h3-5,7-8,11-12,14-15H,6,9-10H2,1-2H3,(H,19,20)/t11-,12?,14?,15?/m1/s1. The topological polar surface area (TPSA) is 47.6 Å². The van der Waals surface area contributed by atoms with E-state index < -0.39 is 5.41 Å². The van der Waals surface area contributed by atoms with Gasteiger partial charge in [-0.25, -0.2) is 0 Å². The number of amides is 1. The Morgan fingerprint density at radius 2 is 2.00 bits per heavy atom. The van der Waals surface area contributed by atoms with Crippen molar-refractivity contribution in [2.75, 3.05) is 0 Å². The second kappa shape index (κ2) is 6.30. The van der Waals surface area contributed by atoms with Crippen molar-refractivity contribution < 1.29 is 14.3 Å². The van der Waals surface area contributed by atoms with E-state index in [1.165, 1.54) is 0 Å². The van der Waals surface area contributed by atoms with Gasteiger partial charge in [-0.2, -0.15) is 0 Å². The minimum absolute atomic E-state index is 0.0142. The lowest BCUT2D eigenvalue weighted by Gasteiger charge is -2.45. The molecule has 0 spiro atoms. The lowest BCUT2D eigenvalue weighted by atomic mass is 9.64. The minimum Gasteiger partial charge on any atom is -0.349 e. The van der Waals surface area contributed by atoms with Crippen LogP contribution < -0.4 is 5.32 Å². The molecule has 0 aromatic heterocycles. The van der Waals surface area contributed by atoms with Crippen LogP contribution in [0.1, 0.15) is 44.7 Å². The Labute approximate surface area is 139 Å². The van der Waals surface area contributed by atoms with Crippen LogP contribution in [0.2, 0.25) is 0 Å². The number of ether oxygens (including phenoxy) is 2. The molecular formula is C17H22BrNO3. The minimum atomic E-state index is -0.470. The summed E-state index contributed by atoms with van der Waals surface area (Å²) in [6.07, 6.45) is 2.26. The van der Waals surface area contributed by atoms with Crippen molar-refractivity contribution in [2.24, 2.45) is 5.41 Å². The highest BCUT2D eigenvalue weighted by molar-refractivity contribution is 9.09. The van der Waals surface area contributed by atoms with Gasteiger partial charge in [0.15, 0.2) is 6.29 Å². The fourth-order valence-corrected chi connectivity index (χ4v) is 4.23. The lowest BCUT2D eigenvalue weighted by molar-refractivity contribution is -0.151. The molecule has 1 aliphatic heterocycles. The molecule has 0 bridgehead atoms. The molecule has 1 amide bonds. The third-order valence-corrected chi connectivity index (χ3v) is 5.48. The van der Waals surface area contributed by atoms with Crippen LogP contribution in [0.3, 0.4) is 0 Å². The van der Waals surface area contributed by atoms with Gasteiger partial charge >= 0.3 is 0 Å². The molecule has 4 nitrogen and oxygen atoms in total. The molecule has 120 valence electrons. The number of alkyl halides is 1. The average molecular weight is 368 g/mol. The highest BCUT2D eigenvalue weighted by Gasteiger charge is 2.56. The van der Waals surface area contributed by atoms with Crippen molar-refractivity contribution in [2.45, 2.75) is 56.6 Å². The van der Waals surface area contributed by atoms with Gasteiger partial charge in [-0.1, -0.05) is 52.7 Å². The van der Waals surface area contributed by atoms with Gasteiger partial charge in [0, 0.05) is 0 Å². The zero-order chi connectivity index (χ0) is 15.7. The highest BCUT2D eigenvalue weighted by atomic mass is 79.9. The molecule has 1 N–H and O–H groups in total. The quantitative estimate of drug-likeness (QED) is 0.828. The zero-order valence-electron chi connectivity index (χ0n) is 12.9. The summed E-state index contributed by atoms with van der Waals surface area (Å²) in [5, 5.41) is 2.93. The second-order valence-electron chi connectivity index (χ2n) is 6.23. The van der Waals surface area contributed by atoms with Crippen molar-refractivity contribution in [3.8, 4) is 0 Å². The molecule has 22 heavy (non-hydrogen) atoms. The molecule has 0 radical (unpaired) electrons. The monoisotopic (exact) mass is 367 g/mol. The fraction of sp³-hybridized carbons (Fsp3) is 0.588. The van der Waals surface area contributed by atoms with E-state index >= 15 is 0 Å².